The molecule has 1 aliphatic heterocycles. The van der Waals surface area contributed by atoms with Gasteiger partial charge in [0.2, 0.25) is 0 Å². The first kappa shape index (κ1) is 15.4. The first-order valence-corrected chi connectivity index (χ1v) is 6.80. The predicted octanol–water partition coefficient (Wildman–Crippen LogP) is 1.68. The Kier molecular flexibility index (Phi) is 6.20. The molecule has 5 heteroatoms. The van der Waals surface area contributed by atoms with Gasteiger partial charge >= 0.3 is 12.0 Å². The number of carbonyl (C=O) groups is 2. The highest BCUT2D eigenvalue weighted by Crippen LogP contribution is 2.21. The number of carboxylic acids is 1. The lowest BCUT2D eigenvalue weighted by molar-refractivity contribution is -0.137. The van der Waals surface area contributed by atoms with Gasteiger partial charge in [-0.15, -0.1) is 6.42 Å². The number of aliphatic carboxylic acids is 1. The van der Waals surface area contributed by atoms with Crippen LogP contribution in [0.25, 0.3) is 0 Å². The van der Waals surface area contributed by atoms with E-state index in [0.29, 0.717) is 19.5 Å². The molecule has 0 spiro atoms. The van der Waals surface area contributed by atoms with Gasteiger partial charge in [0.1, 0.15) is 0 Å². The number of nitrogens with one attached hydrogen (secondary N) is 1. The lowest BCUT2D eigenvalue weighted by Gasteiger charge is -2.20. The number of hydrogen-bond acceptors (Lipinski definition) is 2. The minimum Gasteiger partial charge on any atom is -0.481 e. The van der Waals surface area contributed by atoms with E-state index < -0.39 is 5.97 Å². The third-order valence-electron chi connectivity index (χ3n) is 3.42. The van der Waals surface area contributed by atoms with Crippen LogP contribution in [-0.2, 0) is 4.79 Å². The number of rotatable bonds is 6. The molecule has 2 amide bonds. The summed E-state index contributed by atoms with van der Waals surface area (Å²) in [5, 5.41) is 11.5. The zero-order chi connectivity index (χ0) is 14.3. The molecule has 2 N–H and O–H groups in total. The fourth-order valence-corrected chi connectivity index (χ4v) is 2.31. The zero-order valence-corrected chi connectivity index (χ0v) is 11.4. The van der Waals surface area contributed by atoms with Gasteiger partial charge < -0.3 is 15.3 Å². The molecule has 2 atom stereocenters. The van der Waals surface area contributed by atoms with E-state index in [1.807, 2.05) is 6.92 Å². The summed E-state index contributed by atoms with van der Waals surface area (Å²) in [5.41, 5.74) is 0. The standard InChI is InChI=1S/C14H22N2O3/c1-3-5-12(4-2)15-14(19)16-9-8-11(10-16)6-7-13(17)18/h2,11-12H,3,5-10H2,1H3,(H,15,19)(H,17,18). The highest BCUT2D eigenvalue weighted by molar-refractivity contribution is 5.75. The van der Waals surface area contributed by atoms with E-state index in [4.69, 9.17) is 11.5 Å². The molecule has 0 aromatic carbocycles. The van der Waals surface area contributed by atoms with Crippen molar-refractivity contribution in [3.05, 3.63) is 0 Å². The molecule has 0 aromatic heterocycles. The molecule has 19 heavy (non-hydrogen) atoms. The molecule has 1 fully saturated rings. The summed E-state index contributed by atoms with van der Waals surface area (Å²) in [6.07, 6.45) is 8.74. The molecule has 1 heterocycles. The second-order valence-corrected chi connectivity index (χ2v) is 4.99. The topological polar surface area (TPSA) is 69.6 Å². The highest BCUT2D eigenvalue weighted by Gasteiger charge is 2.27. The summed E-state index contributed by atoms with van der Waals surface area (Å²) in [6, 6.07) is -0.343. The molecule has 2 unspecified atom stereocenters. The lowest BCUT2D eigenvalue weighted by Crippen LogP contribution is -2.43. The van der Waals surface area contributed by atoms with E-state index in [1.54, 1.807) is 4.90 Å². The summed E-state index contributed by atoms with van der Waals surface area (Å²) < 4.78 is 0. The monoisotopic (exact) mass is 266 g/mol. The van der Waals surface area contributed by atoms with Gasteiger partial charge in [-0.05, 0) is 25.2 Å². The van der Waals surface area contributed by atoms with E-state index in [2.05, 4.69) is 11.2 Å². The zero-order valence-electron chi connectivity index (χ0n) is 11.4. The molecule has 0 aromatic rings. The number of carboxylic acid groups (broad SMARTS) is 1. The van der Waals surface area contributed by atoms with Crippen molar-refractivity contribution in [3.8, 4) is 12.3 Å². The maximum absolute atomic E-state index is 12.0. The number of hydrogen-bond donors (Lipinski definition) is 2. The van der Waals surface area contributed by atoms with Gasteiger partial charge in [0, 0.05) is 19.5 Å². The quantitative estimate of drug-likeness (QED) is 0.719. The van der Waals surface area contributed by atoms with E-state index in [0.717, 1.165) is 19.3 Å². The van der Waals surface area contributed by atoms with Gasteiger partial charge in [-0.25, -0.2) is 4.79 Å². The first-order valence-electron chi connectivity index (χ1n) is 6.80. The average molecular weight is 266 g/mol. The average Bonchev–Trinajstić information content (AvgIpc) is 2.84. The van der Waals surface area contributed by atoms with Crippen LogP contribution in [0.2, 0.25) is 0 Å². The molecule has 0 radical (unpaired) electrons. The largest absolute Gasteiger partial charge is 0.481 e. The second kappa shape index (κ2) is 7.67. The maximum Gasteiger partial charge on any atom is 0.318 e. The SMILES string of the molecule is C#CC(CCC)NC(=O)N1CCC(CCC(=O)O)C1. The normalized spacial score (nSPS) is 19.8. The van der Waals surface area contributed by atoms with Crippen molar-refractivity contribution >= 4 is 12.0 Å². The second-order valence-electron chi connectivity index (χ2n) is 4.99. The fraction of sp³-hybridized carbons (Fsp3) is 0.714. The molecule has 1 saturated heterocycles. The molecule has 106 valence electrons. The number of nitrogens with zero attached hydrogens (tertiary/aromatic N) is 1. The van der Waals surface area contributed by atoms with Crippen molar-refractivity contribution in [2.24, 2.45) is 5.92 Å². The van der Waals surface area contributed by atoms with Crippen LogP contribution in [0.15, 0.2) is 0 Å². The molecule has 1 rings (SSSR count). The molecular weight excluding hydrogens is 244 g/mol. The Hall–Kier alpha value is -1.70. The van der Waals surface area contributed by atoms with Crippen molar-refractivity contribution in [1.82, 2.24) is 10.2 Å². The van der Waals surface area contributed by atoms with Gasteiger partial charge in [0.25, 0.3) is 0 Å². The van der Waals surface area contributed by atoms with Crippen molar-refractivity contribution in [2.75, 3.05) is 13.1 Å². The minimum absolute atomic E-state index is 0.130. The first-order chi connectivity index (χ1) is 9.06. The Morgan fingerprint density at radius 1 is 1.58 bits per heavy atom. The minimum atomic E-state index is -0.779. The van der Waals surface area contributed by atoms with Crippen LogP contribution in [0, 0.1) is 18.3 Å². The van der Waals surface area contributed by atoms with Gasteiger partial charge in [0.05, 0.1) is 6.04 Å². The molecule has 1 aliphatic rings. The Morgan fingerprint density at radius 3 is 2.89 bits per heavy atom. The van der Waals surface area contributed by atoms with Gasteiger partial charge in [-0.2, -0.15) is 0 Å². The number of terminal acetylenes is 1. The van der Waals surface area contributed by atoms with Crippen LogP contribution >= 0.6 is 0 Å². The van der Waals surface area contributed by atoms with E-state index in [-0.39, 0.29) is 24.4 Å². The summed E-state index contributed by atoms with van der Waals surface area (Å²) in [5.74, 6) is 2.08. The van der Waals surface area contributed by atoms with E-state index >= 15 is 0 Å². The third-order valence-corrected chi connectivity index (χ3v) is 3.42. The van der Waals surface area contributed by atoms with Crippen LogP contribution in [0.3, 0.4) is 0 Å². The number of amides is 2. The molecule has 0 bridgehead atoms. The van der Waals surface area contributed by atoms with Crippen molar-refractivity contribution in [3.63, 3.8) is 0 Å². The number of urea groups is 1. The predicted molar refractivity (Wildman–Crippen MR) is 72.6 cm³/mol. The van der Waals surface area contributed by atoms with Crippen LogP contribution in [-0.4, -0.2) is 41.1 Å². The maximum atomic E-state index is 12.0. The van der Waals surface area contributed by atoms with E-state index in [9.17, 15) is 9.59 Å². The lowest BCUT2D eigenvalue weighted by atomic mass is 10.0. The van der Waals surface area contributed by atoms with Crippen LogP contribution < -0.4 is 5.32 Å². The van der Waals surface area contributed by atoms with Gasteiger partial charge in [0.15, 0.2) is 0 Å². The van der Waals surface area contributed by atoms with Crippen molar-refractivity contribution in [1.29, 1.82) is 0 Å². The van der Waals surface area contributed by atoms with Crippen LogP contribution in [0.4, 0.5) is 4.79 Å². The van der Waals surface area contributed by atoms with Crippen LogP contribution in [0.5, 0.6) is 0 Å². The Bertz CT molecular complexity index is 362. The molecule has 0 aliphatic carbocycles. The number of carbonyl (C=O) groups excluding carboxylic acids is 1. The summed E-state index contributed by atoms with van der Waals surface area (Å²) in [7, 11) is 0. The van der Waals surface area contributed by atoms with Gasteiger partial charge in [-0.1, -0.05) is 19.3 Å². The van der Waals surface area contributed by atoms with Crippen molar-refractivity contribution in [2.45, 2.75) is 45.1 Å². The molecule has 0 saturated carbocycles. The van der Waals surface area contributed by atoms with Crippen LogP contribution in [0.1, 0.15) is 39.0 Å². The molecular formula is C14H22N2O3. The Labute approximate surface area is 114 Å². The van der Waals surface area contributed by atoms with Gasteiger partial charge in [-0.3, -0.25) is 4.79 Å². The highest BCUT2D eigenvalue weighted by atomic mass is 16.4. The fourth-order valence-electron chi connectivity index (χ4n) is 2.31. The number of likely N-dealkylation sites (tertiary alicyclic amines) is 1. The summed E-state index contributed by atoms with van der Waals surface area (Å²) in [6.45, 7) is 3.33. The smallest absolute Gasteiger partial charge is 0.318 e. The summed E-state index contributed by atoms with van der Waals surface area (Å²) >= 11 is 0. The Morgan fingerprint density at radius 2 is 2.32 bits per heavy atom. The summed E-state index contributed by atoms with van der Waals surface area (Å²) in [4.78, 5) is 24.2. The Balaban J connectivity index is 2.35. The van der Waals surface area contributed by atoms with Crippen molar-refractivity contribution < 1.29 is 14.7 Å². The third kappa shape index (κ3) is 5.21. The molecule has 5 nitrogen and oxygen atoms in total. The van der Waals surface area contributed by atoms with E-state index in [1.165, 1.54) is 0 Å².